The second kappa shape index (κ2) is 7.52. The van der Waals surface area contributed by atoms with Crippen LogP contribution in [0.25, 0.3) is 0 Å². The number of aliphatic hydroxyl groups excluding tert-OH is 1. The first-order valence-electron chi connectivity index (χ1n) is 6.20. The third-order valence-electron chi connectivity index (χ3n) is 2.62. The number of aliphatic hydroxyl groups is 1. The molecule has 1 amide bonds. The lowest BCUT2D eigenvalue weighted by molar-refractivity contribution is -0.150. The van der Waals surface area contributed by atoms with E-state index < -0.39 is 18.1 Å². The van der Waals surface area contributed by atoms with Gasteiger partial charge in [-0.1, -0.05) is 6.92 Å². The number of nitrogens with one attached hydrogen (secondary N) is 1. The molecule has 1 heterocycles. The predicted octanol–water partition coefficient (Wildman–Crippen LogP) is 0.00420. The number of carbonyl (C=O) groups is 2. The normalized spacial score (nSPS) is 13.6. The number of rotatable bonds is 8. The van der Waals surface area contributed by atoms with E-state index in [1.54, 1.807) is 17.8 Å². The molecule has 0 spiro atoms. The number of hydrogen-bond acceptors (Lipinski definition) is 5. The smallest absolute Gasteiger partial charge is 0.331 e. The summed E-state index contributed by atoms with van der Waals surface area (Å²) in [6.45, 7) is 4.49. The highest BCUT2D eigenvalue weighted by atomic mass is 16.5. The standard InChI is InChI=1S/C12H19N3O4/c1-3-5-15-7-13-6-9(15)11(17)10(14-8-16)12(18)19-4-2/h6-8,10-11,17H,3-5H2,1-2H3,(H,14,16). The first-order valence-corrected chi connectivity index (χ1v) is 6.20. The second-order valence-electron chi connectivity index (χ2n) is 3.97. The molecule has 0 fully saturated rings. The monoisotopic (exact) mass is 269 g/mol. The molecule has 0 aliphatic carbocycles. The molecular formula is C12H19N3O4. The Kier molecular flexibility index (Phi) is 6.01. The van der Waals surface area contributed by atoms with Crippen LogP contribution < -0.4 is 5.32 Å². The Morgan fingerprint density at radius 1 is 1.63 bits per heavy atom. The molecule has 0 radical (unpaired) electrons. The van der Waals surface area contributed by atoms with Crippen molar-refractivity contribution < 1.29 is 19.4 Å². The van der Waals surface area contributed by atoms with Gasteiger partial charge in [-0.05, 0) is 13.3 Å². The molecule has 1 aromatic rings. The Morgan fingerprint density at radius 2 is 2.37 bits per heavy atom. The Balaban J connectivity index is 2.91. The fraction of sp³-hybridized carbons (Fsp3) is 0.583. The molecule has 1 aromatic heterocycles. The van der Waals surface area contributed by atoms with Crippen molar-refractivity contribution in [3.63, 3.8) is 0 Å². The van der Waals surface area contributed by atoms with E-state index >= 15 is 0 Å². The van der Waals surface area contributed by atoms with Crippen LogP contribution in [0, 0.1) is 0 Å². The molecule has 106 valence electrons. The van der Waals surface area contributed by atoms with E-state index in [9.17, 15) is 14.7 Å². The minimum atomic E-state index is -1.20. The Bertz CT molecular complexity index is 419. The summed E-state index contributed by atoms with van der Waals surface area (Å²) in [6, 6.07) is -1.13. The van der Waals surface area contributed by atoms with Gasteiger partial charge in [-0.2, -0.15) is 0 Å². The van der Waals surface area contributed by atoms with Crippen molar-refractivity contribution in [2.45, 2.75) is 39.0 Å². The van der Waals surface area contributed by atoms with Crippen LogP contribution in [0.2, 0.25) is 0 Å². The zero-order valence-corrected chi connectivity index (χ0v) is 11.1. The highest BCUT2D eigenvalue weighted by Crippen LogP contribution is 2.18. The summed E-state index contributed by atoms with van der Waals surface area (Å²) in [5.41, 5.74) is 0.467. The van der Waals surface area contributed by atoms with Crippen LogP contribution in [0.5, 0.6) is 0 Å². The lowest BCUT2D eigenvalue weighted by atomic mass is 10.1. The van der Waals surface area contributed by atoms with E-state index in [1.165, 1.54) is 6.20 Å². The van der Waals surface area contributed by atoms with E-state index in [-0.39, 0.29) is 6.61 Å². The molecule has 0 saturated heterocycles. The van der Waals surface area contributed by atoms with Gasteiger partial charge < -0.3 is 19.7 Å². The van der Waals surface area contributed by atoms with Crippen LogP contribution in [-0.2, 0) is 20.9 Å². The van der Waals surface area contributed by atoms with Crippen LogP contribution in [0.15, 0.2) is 12.5 Å². The van der Waals surface area contributed by atoms with E-state index in [4.69, 9.17) is 4.74 Å². The average Bonchev–Trinajstić information content (AvgIpc) is 2.84. The third-order valence-corrected chi connectivity index (χ3v) is 2.62. The van der Waals surface area contributed by atoms with Gasteiger partial charge in [0.1, 0.15) is 6.10 Å². The molecule has 0 aromatic carbocycles. The van der Waals surface area contributed by atoms with Gasteiger partial charge in [0, 0.05) is 6.54 Å². The molecule has 2 unspecified atom stereocenters. The minimum absolute atomic E-state index is 0.177. The van der Waals surface area contributed by atoms with Gasteiger partial charge in [0.05, 0.1) is 24.8 Å². The van der Waals surface area contributed by atoms with Crippen LogP contribution in [0.3, 0.4) is 0 Å². The molecular weight excluding hydrogens is 250 g/mol. The summed E-state index contributed by atoms with van der Waals surface area (Å²) in [5.74, 6) is -0.675. The minimum Gasteiger partial charge on any atom is -0.464 e. The summed E-state index contributed by atoms with van der Waals surface area (Å²) in [5, 5.41) is 12.5. The lowest BCUT2D eigenvalue weighted by Gasteiger charge is -2.21. The number of ether oxygens (including phenoxy) is 1. The predicted molar refractivity (Wildman–Crippen MR) is 67.1 cm³/mol. The average molecular weight is 269 g/mol. The van der Waals surface area contributed by atoms with Crippen molar-refractivity contribution in [3.8, 4) is 0 Å². The molecule has 0 saturated carbocycles. The van der Waals surface area contributed by atoms with E-state index in [0.717, 1.165) is 6.42 Å². The molecule has 7 nitrogen and oxygen atoms in total. The first-order chi connectivity index (χ1) is 9.15. The van der Waals surface area contributed by atoms with Gasteiger partial charge in [0.25, 0.3) is 0 Å². The fourth-order valence-electron chi connectivity index (χ4n) is 1.77. The van der Waals surface area contributed by atoms with Crippen molar-refractivity contribution in [3.05, 3.63) is 18.2 Å². The largest absolute Gasteiger partial charge is 0.464 e. The van der Waals surface area contributed by atoms with Crippen molar-refractivity contribution in [2.24, 2.45) is 0 Å². The van der Waals surface area contributed by atoms with Crippen molar-refractivity contribution in [1.82, 2.24) is 14.9 Å². The molecule has 1 rings (SSSR count). The van der Waals surface area contributed by atoms with Gasteiger partial charge in [0.2, 0.25) is 6.41 Å². The van der Waals surface area contributed by atoms with Crippen molar-refractivity contribution >= 4 is 12.4 Å². The number of carbonyl (C=O) groups excluding carboxylic acids is 2. The fourth-order valence-corrected chi connectivity index (χ4v) is 1.77. The molecule has 0 bridgehead atoms. The molecule has 7 heteroatoms. The van der Waals surface area contributed by atoms with E-state index in [2.05, 4.69) is 10.3 Å². The van der Waals surface area contributed by atoms with Crippen molar-refractivity contribution in [1.29, 1.82) is 0 Å². The maximum Gasteiger partial charge on any atom is 0.331 e. The topological polar surface area (TPSA) is 93.5 Å². The highest BCUT2D eigenvalue weighted by molar-refractivity contribution is 5.79. The quantitative estimate of drug-likeness (QED) is 0.512. The van der Waals surface area contributed by atoms with Crippen molar-refractivity contribution in [2.75, 3.05) is 6.61 Å². The van der Waals surface area contributed by atoms with Crippen LogP contribution in [0.4, 0.5) is 0 Å². The maximum atomic E-state index is 11.7. The molecule has 0 aliphatic heterocycles. The number of hydrogen-bond donors (Lipinski definition) is 2. The molecule has 0 aliphatic rings. The van der Waals surface area contributed by atoms with Gasteiger partial charge in [-0.3, -0.25) is 4.79 Å². The number of nitrogens with zero attached hydrogens (tertiary/aromatic N) is 2. The third kappa shape index (κ3) is 3.78. The number of aryl methyl sites for hydroxylation is 1. The second-order valence-corrected chi connectivity index (χ2v) is 3.97. The Labute approximate surface area is 111 Å². The summed E-state index contributed by atoms with van der Waals surface area (Å²) in [6.07, 6.45) is 3.08. The lowest BCUT2D eigenvalue weighted by Crippen LogP contribution is -2.42. The summed E-state index contributed by atoms with van der Waals surface area (Å²) < 4.78 is 6.57. The summed E-state index contributed by atoms with van der Waals surface area (Å²) in [4.78, 5) is 26.2. The van der Waals surface area contributed by atoms with Gasteiger partial charge in [0.15, 0.2) is 6.04 Å². The maximum absolute atomic E-state index is 11.7. The van der Waals surface area contributed by atoms with Crippen LogP contribution in [0.1, 0.15) is 32.1 Å². The van der Waals surface area contributed by atoms with E-state index in [1.807, 2.05) is 6.92 Å². The highest BCUT2D eigenvalue weighted by Gasteiger charge is 2.30. The van der Waals surface area contributed by atoms with Crippen LogP contribution >= 0.6 is 0 Å². The Hall–Kier alpha value is -1.89. The number of esters is 1. The number of aromatic nitrogens is 2. The summed E-state index contributed by atoms with van der Waals surface area (Å²) in [7, 11) is 0. The number of amides is 1. The van der Waals surface area contributed by atoms with Crippen LogP contribution in [-0.4, -0.2) is 39.7 Å². The SMILES string of the molecule is CCCn1cncc1C(O)C(NC=O)C(=O)OCC. The molecule has 19 heavy (non-hydrogen) atoms. The Morgan fingerprint density at radius 3 is 2.95 bits per heavy atom. The van der Waals surface area contributed by atoms with Gasteiger partial charge in [-0.15, -0.1) is 0 Å². The van der Waals surface area contributed by atoms with Gasteiger partial charge in [-0.25, -0.2) is 9.78 Å². The molecule has 2 N–H and O–H groups in total. The first kappa shape index (κ1) is 15.2. The number of imidazole rings is 1. The zero-order valence-electron chi connectivity index (χ0n) is 11.1. The van der Waals surface area contributed by atoms with Gasteiger partial charge >= 0.3 is 5.97 Å². The molecule has 2 atom stereocenters. The summed E-state index contributed by atoms with van der Waals surface area (Å²) >= 11 is 0. The zero-order chi connectivity index (χ0) is 14.3. The van der Waals surface area contributed by atoms with E-state index in [0.29, 0.717) is 18.6 Å².